The molecule has 1 aromatic carbocycles. The van der Waals surface area contributed by atoms with Gasteiger partial charge in [0.25, 0.3) is 0 Å². The molecule has 2 amide bonds. The molecule has 0 bridgehead atoms. The summed E-state index contributed by atoms with van der Waals surface area (Å²) < 4.78 is 16.4. The van der Waals surface area contributed by atoms with E-state index >= 15 is 0 Å². The summed E-state index contributed by atoms with van der Waals surface area (Å²) in [6.07, 6.45) is 2.14. The first-order valence-corrected chi connectivity index (χ1v) is 12.0. The third-order valence-electron chi connectivity index (χ3n) is 5.63. The van der Waals surface area contributed by atoms with E-state index in [2.05, 4.69) is 15.5 Å². The second kappa shape index (κ2) is 11.5. The van der Waals surface area contributed by atoms with Crippen molar-refractivity contribution in [1.82, 2.24) is 15.1 Å². The standard InChI is InChI=1S/C26H34N4O6/c1-7-34-15-35-21-12-17(14-31)8-11-19(21)23-20(18-9-10-18)13-22(28-29-23)27-24(32)16(2)30(6)25(33)36-26(3,4)5/h8,11-14,16,18H,7,9-10,15H2,1-6H3,(H,27,28,32). The van der Waals surface area contributed by atoms with E-state index in [-0.39, 0.29) is 18.5 Å². The first-order valence-electron chi connectivity index (χ1n) is 12.0. The van der Waals surface area contributed by atoms with Gasteiger partial charge in [-0.25, -0.2) is 4.79 Å². The molecular formula is C26H34N4O6. The summed E-state index contributed by atoms with van der Waals surface area (Å²) in [5.74, 6) is 0.617. The summed E-state index contributed by atoms with van der Waals surface area (Å²) in [6.45, 7) is 9.29. The molecule has 1 unspecified atom stereocenters. The van der Waals surface area contributed by atoms with Crippen LogP contribution in [0.15, 0.2) is 24.3 Å². The van der Waals surface area contributed by atoms with Crippen LogP contribution in [0.4, 0.5) is 10.6 Å². The largest absolute Gasteiger partial charge is 0.467 e. The Morgan fingerprint density at radius 1 is 1.22 bits per heavy atom. The zero-order valence-electron chi connectivity index (χ0n) is 21.7. The van der Waals surface area contributed by atoms with Gasteiger partial charge in [-0.15, -0.1) is 10.2 Å². The van der Waals surface area contributed by atoms with Crippen molar-refractivity contribution in [2.24, 2.45) is 0 Å². The molecule has 0 aliphatic heterocycles. The van der Waals surface area contributed by atoms with Crippen molar-refractivity contribution in [2.75, 3.05) is 25.8 Å². The highest BCUT2D eigenvalue weighted by atomic mass is 16.7. The number of carbonyl (C=O) groups excluding carboxylic acids is 3. The van der Waals surface area contributed by atoms with Gasteiger partial charge in [-0.05, 0) is 77.1 Å². The molecule has 1 N–H and O–H groups in total. The topological polar surface area (TPSA) is 120 Å². The van der Waals surface area contributed by atoms with E-state index in [1.807, 2.05) is 6.92 Å². The maximum Gasteiger partial charge on any atom is 0.410 e. The van der Waals surface area contributed by atoms with Crippen LogP contribution in [0.1, 0.15) is 69.3 Å². The average molecular weight is 499 g/mol. The van der Waals surface area contributed by atoms with Crippen LogP contribution >= 0.6 is 0 Å². The molecule has 0 spiro atoms. The van der Waals surface area contributed by atoms with Crippen molar-refractivity contribution >= 4 is 24.1 Å². The highest BCUT2D eigenvalue weighted by molar-refractivity contribution is 5.95. The number of rotatable bonds is 10. The van der Waals surface area contributed by atoms with Crippen molar-refractivity contribution in [3.8, 4) is 17.0 Å². The van der Waals surface area contributed by atoms with Crippen molar-refractivity contribution in [1.29, 1.82) is 0 Å². The molecule has 1 aliphatic carbocycles. The van der Waals surface area contributed by atoms with Gasteiger partial charge in [0.2, 0.25) is 5.91 Å². The van der Waals surface area contributed by atoms with Gasteiger partial charge in [0, 0.05) is 24.8 Å². The molecule has 1 fully saturated rings. The minimum Gasteiger partial charge on any atom is -0.467 e. The molecule has 10 heteroatoms. The maximum atomic E-state index is 12.9. The van der Waals surface area contributed by atoms with E-state index < -0.39 is 23.6 Å². The van der Waals surface area contributed by atoms with E-state index in [9.17, 15) is 14.4 Å². The van der Waals surface area contributed by atoms with Crippen LogP contribution in [-0.4, -0.2) is 65.5 Å². The zero-order chi connectivity index (χ0) is 26.5. The summed E-state index contributed by atoms with van der Waals surface area (Å²) >= 11 is 0. The second-order valence-corrected chi connectivity index (χ2v) is 9.69. The zero-order valence-corrected chi connectivity index (χ0v) is 21.7. The van der Waals surface area contributed by atoms with Crippen molar-refractivity contribution < 1.29 is 28.6 Å². The number of aromatic nitrogens is 2. The lowest BCUT2D eigenvalue weighted by atomic mass is 10.0. The number of carbonyl (C=O) groups is 3. The first-order chi connectivity index (χ1) is 17.0. The van der Waals surface area contributed by atoms with Crippen LogP contribution in [-0.2, 0) is 14.3 Å². The third kappa shape index (κ3) is 7.00. The molecule has 1 heterocycles. The SMILES string of the molecule is CCOCOc1cc(C=O)ccc1-c1nnc(NC(=O)C(C)N(C)C(=O)OC(C)(C)C)cc1C1CC1. The van der Waals surface area contributed by atoms with Crippen LogP contribution in [0.2, 0.25) is 0 Å². The van der Waals surface area contributed by atoms with Gasteiger partial charge in [-0.1, -0.05) is 6.07 Å². The predicted molar refractivity (Wildman–Crippen MR) is 134 cm³/mol. The Kier molecular flexibility index (Phi) is 8.62. The fourth-order valence-corrected chi connectivity index (χ4v) is 3.40. The summed E-state index contributed by atoms with van der Waals surface area (Å²) in [4.78, 5) is 37.7. The number of nitrogens with zero attached hydrogens (tertiary/aromatic N) is 3. The van der Waals surface area contributed by atoms with Gasteiger partial charge < -0.3 is 19.5 Å². The first kappa shape index (κ1) is 27.1. The Morgan fingerprint density at radius 2 is 1.94 bits per heavy atom. The fraction of sp³-hybridized carbons (Fsp3) is 0.500. The van der Waals surface area contributed by atoms with E-state index in [0.717, 1.165) is 24.7 Å². The van der Waals surface area contributed by atoms with Gasteiger partial charge in [-0.3, -0.25) is 14.5 Å². The Morgan fingerprint density at radius 3 is 2.56 bits per heavy atom. The molecule has 36 heavy (non-hydrogen) atoms. The molecule has 1 saturated carbocycles. The molecule has 1 atom stereocenters. The molecule has 0 radical (unpaired) electrons. The molecule has 2 aromatic rings. The number of likely N-dealkylation sites (N-methyl/N-ethyl adjacent to an activating group) is 1. The molecular weight excluding hydrogens is 464 g/mol. The lowest BCUT2D eigenvalue weighted by molar-refractivity contribution is -0.120. The smallest absolute Gasteiger partial charge is 0.410 e. The van der Waals surface area contributed by atoms with E-state index in [1.165, 1.54) is 11.9 Å². The van der Waals surface area contributed by atoms with Crippen molar-refractivity contribution in [2.45, 2.75) is 65.0 Å². The van der Waals surface area contributed by atoms with Crippen LogP contribution < -0.4 is 10.1 Å². The minimum absolute atomic E-state index is 0.0369. The van der Waals surface area contributed by atoms with Gasteiger partial charge in [0.1, 0.15) is 29.4 Å². The van der Waals surface area contributed by atoms with E-state index in [0.29, 0.717) is 29.2 Å². The van der Waals surface area contributed by atoms with Crippen LogP contribution in [0.25, 0.3) is 11.3 Å². The van der Waals surface area contributed by atoms with Gasteiger partial charge >= 0.3 is 6.09 Å². The number of aldehydes is 1. The van der Waals surface area contributed by atoms with Gasteiger partial charge in [-0.2, -0.15) is 0 Å². The summed E-state index contributed by atoms with van der Waals surface area (Å²) in [6, 6.07) is 6.12. The summed E-state index contributed by atoms with van der Waals surface area (Å²) in [7, 11) is 1.51. The molecule has 3 rings (SSSR count). The number of ether oxygens (including phenoxy) is 3. The number of hydrogen-bond acceptors (Lipinski definition) is 8. The Bertz CT molecular complexity index is 1110. The molecule has 0 saturated heterocycles. The maximum absolute atomic E-state index is 12.9. The average Bonchev–Trinajstić information content (AvgIpc) is 3.67. The second-order valence-electron chi connectivity index (χ2n) is 9.69. The van der Waals surface area contributed by atoms with Crippen molar-refractivity contribution in [3.05, 3.63) is 35.4 Å². The molecule has 10 nitrogen and oxygen atoms in total. The van der Waals surface area contributed by atoms with Crippen LogP contribution in [0.5, 0.6) is 5.75 Å². The van der Waals surface area contributed by atoms with Crippen LogP contribution in [0, 0.1) is 0 Å². The summed E-state index contributed by atoms with van der Waals surface area (Å²) in [5.41, 5.74) is 2.03. The molecule has 1 aliphatic rings. The normalized spacial score (nSPS) is 14.1. The lowest BCUT2D eigenvalue weighted by Gasteiger charge is -2.28. The highest BCUT2D eigenvalue weighted by Crippen LogP contribution is 2.45. The lowest BCUT2D eigenvalue weighted by Crippen LogP contribution is -2.45. The fourth-order valence-electron chi connectivity index (χ4n) is 3.40. The number of nitrogens with one attached hydrogen (secondary N) is 1. The highest BCUT2D eigenvalue weighted by Gasteiger charge is 2.31. The monoisotopic (exact) mass is 498 g/mol. The summed E-state index contributed by atoms with van der Waals surface area (Å²) in [5, 5.41) is 11.4. The quantitative estimate of drug-likeness (QED) is 0.291. The van der Waals surface area contributed by atoms with E-state index in [4.69, 9.17) is 14.2 Å². The third-order valence-corrected chi connectivity index (χ3v) is 5.63. The Balaban J connectivity index is 1.83. The van der Waals surface area contributed by atoms with Gasteiger partial charge in [0.15, 0.2) is 12.6 Å². The number of hydrogen-bond donors (Lipinski definition) is 1. The van der Waals surface area contributed by atoms with E-state index in [1.54, 1.807) is 52.0 Å². The number of anilines is 1. The molecule has 1 aromatic heterocycles. The molecule has 194 valence electrons. The number of benzene rings is 1. The Labute approximate surface area is 211 Å². The van der Waals surface area contributed by atoms with Gasteiger partial charge in [0.05, 0.1) is 0 Å². The number of amides is 2. The van der Waals surface area contributed by atoms with Crippen molar-refractivity contribution in [3.63, 3.8) is 0 Å². The minimum atomic E-state index is -0.792. The Hall–Kier alpha value is -3.53. The van der Waals surface area contributed by atoms with Crippen LogP contribution in [0.3, 0.4) is 0 Å². The predicted octanol–water partition coefficient (Wildman–Crippen LogP) is 4.40.